The molecule has 0 aromatic heterocycles. The van der Waals surface area contributed by atoms with Gasteiger partial charge in [0.1, 0.15) is 5.75 Å². The van der Waals surface area contributed by atoms with Gasteiger partial charge in [-0.05, 0) is 17.7 Å². The highest BCUT2D eigenvalue weighted by Gasteiger charge is 2.28. The molecule has 0 saturated heterocycles. The average molecular weight is 305 g/mol. The third-order valence-corrected chi connectivity index (χ3v) is 3.34. The fourth-order valence-corrected chi connectivity index (χ4v) is 2.29. The Kier molecular flexibility index (Phi) is 4.32. The molecule has 6 heteroatoms. The normalized spacial score (nSPS) is 17.6. The van der Waals surface area contributed by atoms with E-state index in [1.165, 1.54) is 5.01 Å². The number of para-hydroxylation sites is 1. The van der Waals surface area contributed by atoms with Crippen LogP contribution in [0.2, 0.25) is 0 Å². The zero-order valence-electron chi connectivity index (χ0n) is 12.3. The molecule has 6 nitrogen and oxygen atoms in total. The first kappa shape index (κ1) is 14.8. The van der Waals surface area contributed by atoms with E-state index in [-0.39, 0.29) is 12.1 Å². The van der Waals surface area contributed by atoms with E-state index < -0.39 is 0 Å². The molecule has 23 heavy (non-hydrogen) atoms. The minimum Gasteiger partial charge on any atom is -0.424 e. The molecule has 0 aliphatic carbocycles. The van der Waals surface area contributed by atoms with Crippen molar-refractivity contribution < 1.29 is 4.74 Å². The fraction of sp³-hybridized carbons (Fsp3) is 0.118. The number of benzene rings is 2. The highest BCUT2D eigenvalue weighted by molar-refractivity contribution is 6.06. The standard InChI is InChI=1S/C17H15N5O/c18-12-20-17(23-14-9-5-2-6-10-14)22-11-15(19)16(21-22)13-7-3-1-4-8-13/h1-10,15H,11,19H2/b20-17-. The van der Waals surface area contributed by atoms with Crippen LogP contribution in [0.25, 0.3) is 0 Å². The Bertz CT molecular complexity index is 765. The Labute approximate surface area is 134 Å². The lowest BCUT2D eigenvalue weighted by atomic mass is 10.1. The molecular formula is C17H15N5O. The Morgan fingerprint density at radius 1 is 1.17 bits per heavy atom. The van der Waals surface area contributed by atoms with Crippen molar-refractivity contribution in [2.24, 2.45) is 15.8 Å². The lowest BCUT2D eigenvalue weighted by molar-refractivity contribution is 0.369. The van der Waals surface area contributed by atoms with Crippen LogP contribution in [0.5, 0.6) is 5.75 Å². The second kappa shape index (κ2) is 6.73. The topological polar surface area (TPSA) is 87.0 Å². The summed E-state index contributed by atoms with van der Waals surface area (Å²) in [5.74, 6) is 0.582. The summed E-state index contributed by atoms with van der Waals surface area (Å²) in [6.45, 7) is 0.400. The van der Waals surface area contributed by atoms with Crippen LogP contribution in [0.3, 0.4) is 0 Å². The molecule has 1 unspecified atom stereocenters. The van der Waals surface area contributed by atoms with E-state index in [1.54, 1.807) is 18.3 Å². The van der Waals surface area contributed by atoms with Crippen LogP contribution < -0.4 is 10.5 Å². The minimum absolute atomic E-state index is 0.111. The van der Waals surface area contributed by atoms with Gasteiger partial charge in [-0.25, -0.2) is 5.01 Å². The molecule has 1 heterocycles. The molecule has 0 spiro atoms. The van der Waals surface area contributed by atoms with Gasteiger partial charge in [-0.2, -0.15) is 10.4 Å². The average Bonchev–Trinajstić information content (AvgIpc) is 2.98. The zero-order chi connectivity index (χ0) is 16.1. The van der Waals surface area contributed by atoms with E-state index >= 15 is 0 Å². The molecular weight excluding hydrogens is 290 g/mol. The molecule has 114 valence electrons. The molecule has 2 N–H and O–H groups in total. The fourth-order valence-electron chi connectivity index (χ4n) is 2.29. The van der Waals surface area contributed by atoms with E-state index in [9.17, 15) is 0 Å². The second-order valence-corrected chi connectivity index (χ2v) is 4.95. The molecule has 1 atom stereocenters. The maximum absolute atomic E-state index is 8.90. The Balaban J connectivity index is 1.86. The highest BCUT2D eigenvalue weighted by Crippen LogP contribution is 2.16. The van der Waals surface area contributed by atoms with Crippen molar-refractivity contribution in [3.05, 3.63) is 66.2 Å². The quantitative estimate of drug-likeness (QED) is 0.522. The van der Waals surface area contributed by atoms with Crippen LogP contribution in [0, 0.1) is 11.5 Å². The molecule has 0 fully saturated rings. The van der Waals surface area contributed by atoms with E-state index in [0.29, 0.717) is 12.3 Å². The van der Waals surface area contributed by atoms with Gasteiger partial charge in [0, 0.05) is 0 Å². The van der Waals surface area contributed by atoms with Crippen molar-refractivity contribution in [1.29, 1.82) is 5.26 Å². The van der Waals surface area contributed by atoms with Gasteiger partial charge in [0.05, 0.1) is 18.3 Å². The van der Waals surface area contributed by atoms with E-state index in [1.807, 2.05) is 48.5 Å². The minimum atomic E-state index is -0.277. The number of nitrogens with two attached hydrogens (primary N) is 1. The van der Waals surface area contributed by atoms with Crippen LogP contribution in [0.15, 0.2) is 70.8 Å². The predicted molar refractivity (Wildman–Crippen MR) is 87.8 cm³/mol. The molecule has 1 aliphatic heterocycles. The summed E-state index contributed by atoms with van der Waals surface area (Å²) in [6, 6.07) is 18.6. The summed E-state index contributed by atoms with van der Waals surface area (Å²) in [6.07, 6.45) is 1.75. The Morgan fingerprint density at radius 2 is 1.83 bits per heavy atom. The van der Waals surface area contributed by atoms with Crippen molar-refractivity contribution in [3.63, 3.8) is 0 Å². The third kappa shape index (κ3) is 3.36. The zero-order valence-corrected chi connectivity index (χ0v) is 12.3. The number of aliphatic imine (C=N–C) groups is 1. The van der Waals surface area contributed by atoms with Crippen LogP contribution in [0.1, 0.15) is 5.56 Å². The Hall–Kier alpha value is -3.17. The van der Waals surface area contributed by atoms with Crippen molar-refractivity contribution in [3.8, 4) is 11.9 Å². The van der Waals surface area contributed by atoms with Crippen LogP contribution >= 0.6 is 0 Å². The van der Waals surface area contributed by atoms with Gasteiger partial charge in [0.25, 0.3) is 0 Å². The van der Waals surface area contributed by atoms with Gasteiger partial charge in [-0.1, -0.05) is 48.5 Å². The summed E-state index contributed by atoms with van der Waals surface area (Å²) in [7, 11) is 0. The van der Waals surface area contributed by atoms with Gasteiger partial charge >= 0.3 is 6.02 Å². The van der Waals surface area contributed by atoms with Gasteiger partial charge in [-0.15, -0.1) is 4.99 Å². The molecule has 0 saturated carbocycles. The molecule has 2 aromatic rings. The Morgan fingerprint density at radius 3 is 2.48 bits per heavy atom. The van der Waals surface area contributed by atoms with Crippen molar-refractivity contribution in [2.45, 2.75) is 6.04 Å². The number of ether oxygens (including phenoxy) is 1. The molecule has 0 bridgehead atoms. The maximum atomic E-state index is 8.90. The van der Waals surface area contributed by atoms with Crippen molar-refractivity contribution in [1.82, 2.24) is 5.01 Å². The highest BCUT2D eigenvalue weighted by atomic mass is 16.5. The summed E-state index contributed by atoms with van der Waals surface area (Å²) in [5, 5.41) is 14.9. The third-order valence-electron chi connectivity index (χ3n) is 3.34. The summed E-state index contributed by atoms with van der Waals surface area (Å²) < 4.78 is 5.66. The number of nitriles is 1. The van der Waals surface area contributed by atoms with Gasteiger partial charge in [0.15, 0.2) is 0 Å². The van der Waals surface area contributed by atoms with Gasteiger partial charge in [-0.3, -0.25) is 0 Å². The summed E-state index contributed by atoms with van der Waals surface area (Å²) in [4.78, 5) is 3.73. The summed E-state index contributed by atoms with van der Waals surface area (Å²) in [5.41, 5.74) is 7.85. The van der Waals surface area contributed by atoms with E-state index in [0.717, 1.165) is 11.3 Å². The maximum Gasteiger partial charge on any atom is 0.329 e. The first-order valence-corrected chi connectivity index (χ1v) is 7.14. The molecule has 0 amide bonds. The van der Waals surface area contributed by atoms with E-state index in [4.69, 9.17) is 15.7 Å². The molecule has 2 aromatic carbocycles. The van der Waals surface area contributed by atoms with Gasteiger partial charge in [0.2, 0.25) is 6.19 Å². The smallest absolute Gasteiger partial charge is 0.329 e. The predicted octanol–water partition coefficient (Wildman–Crippen LogP) is 1.95. The first-order chi connectivity index (χ1) is 11.3. The number of rotatable bonds is 2. The second-order valence-electron chi connectivity index (χ2n) is 4.95. The van der Waals surface area contributed by atoms with Crippen LogP contribution in [-0.2, 0) is 0 Å². The lowest BCUT2D eigenvalue weighted by Gasteiger charge is -2.15. The number of amidine groups is 1. The SMILES string of the molecule is N#C/N=C(\Oc1ccccc1)N1CC(N)C(c2ccccc2)=N1. The number of hydrogen-bond acceptors (Lipinski definition) is 5. The van der Waals surface area contributed by atoms with Crippen LogP contribution in [0.4, 0.5) is 0 Å². The molecule has 0 radical (unpaired) electrons. The van der Waals surface area contributed by atoms with Crippen LogP contribution in [-0.4, -0.2) is 29.3 Å². The van der Waals surface area contributed by atoms with E-state index in [2.05, 4.69) is 10.1 Å². The number of nitrogens with zero attached hydrogens (tertiary/aromatic N) is 4. The lowest BCUT2D eigenvalue weighted by Crippen LogP contribution is -2.37. The van der Waals surface area contributed by atoms with Crippen molar-refractivity contribution >= 4 is 11.7 Å². The largest absolute Gasteiger partial charge is 0.424 e. The number of hydrogen-bond donors (Lipinski definition) is 1. The summed E-state index contributed by atoms with van der Waals surface area (Å²) >= 11 is 0. The van der Waals surface area contributed by atoms with Gasteiger partial charge < -0.3 is 10.5 Å². The van der Waals surface area contributed by atoms with Crippen molar-refractivity contribution in [2.75, 3.05) is 6.54 Å². The monoisotopic (exact) mass is 305 g/mol. The molecule has 3 rings (SSSR count). The molecule has 1 aliphatic rings. The first-order valence-electron chi connectivity index (χ1n) is 7.14. The number of hydrazone groups is 1.